The van der Waals surface area contributed by atoms with E-state index in [0.717, 1.165) is 17.0 Å². The maximum Gasteiger partial charge on any atom is 0.249 e. The third kappa shape index (κ3) is 4.46. The molecule has 0 aromatic heterocycles. The van der Waals surface area contributed by atoms with E-state index in [2.05, 4.69) is 0 Å². The van der Waals surface area contributed by atoms with Crippen LogP contribution in [-0.2, 0) is 20.9 Å². The number of anilines is 1. The third-order valence-electron chi connectivity index (χ3n) is 4.70. The number of piperazine rings is 1. The summed E-state index contributed by atoms with van der Waals surface area (Å²) in [6, 6.07) is 16.5. The Kier molecular flexibility index (Phi) is 6.08. The lowest BCUT2D eigenvalue weighted by atomic mass is 10.1. The lowest BCUT2D eigenvalue weighted by Crippen LogP contribution is -2.58. The zero-order valence-corrected chi connectivity index (χ0v) is 15.6. The zero-order chi connectivity index (χ0) is 19.2. The smallest absolute Gasteiger partial charge is 0.249 e. The van der Waals surface area contributed by atoms with Gasteiger partial charge >= 0.3 is 0 Å². The van der Waals surface area contributed by atoms with E-state index in [9.17, 15) is 9.59 Å². The van der Waals surface area contributed by atoms with E-state index in [1.807, 2.05) is 54.6 Å². The monoisotopic (exact) mass is 368 g/mol. The average Bonchev–Trinajstić information content (AvgIpc) is 2.71. The molecule has 1 fully saturated rings. The molecule has 0 radical (unpaired) electrons. The fourth-order valence-electron chi connectivity index (χ4n) is 3.14. The number of amides is 2. The quantitative estimate of drug-likeness (QED) is 0.786. The highest BCUT2D eigenvalue weighted by Gasteiger charge is 2.34. The van der Waals surface area contributed by atoms with E-state index in [1.54, 1.807) is 23.8 Å². The van der Waals surface area contributed by atoms with Crippen LogP contribution in [0.2, 0.25) is 0 Å². The van der Waals surface area contributed by atoms with Crippen molar-refractivity contribution in [3.63, 3.8) is 0 Å². The molecule has 2 aromatic rings. The highest BCUT2D eigenvalue weighted by atomic mass is 16.5. The molecule has 142 valence electrons. The molecule has 27 heavy (non-hydrogen) atoms. The number of hydrogen-bond acceptors (Lipinski definition) is 4. The van der Waals surface area contributed by atoms with E-state index in [1.165, 1.54) is 0 Å². The Balaban J connectivity index is 1.56. The lowest BCUT2D eigenvalue weighted by Gasteiger charge is -2.39. The van der Waals surface area contributed by atoms with Gasteiger partial charge in [0.2, 0.25) is 11.8 Å². The van der Waals surface area contributed by atoms with Gasteiger partial charge in [0.25, 0.3) is 0 Å². The van der Waals surface area contributed by atoms with Crippen molar-refractivity contribution in [2.45, 2.75) is 19.6 Å². The van der Waals surface area contributed by atoms with Crippen molar-refractivity contribution >= 4 is 17.5 Å². The third-order valence-corrected chi connectivity index (χ3v) is 4.70. The zero-order valence-electron chi connectivity index (χ0n) is 15.6. The first-order valence-corrected chi connectivity index (χ1v) is 8.96. The second-order valence-electron chi connectivity index (χ2n) is 6.43. The molecule has 2 amide bonds. The first-order chi connectivity index (χ1) is 13.1. The fraction of sp³-hybridized carbons (Fsp3) is 0.333. The number of hydrogen-bond donors (Lipinski definition) is 0. The van der Waals surface area contributed by atoms with Crippen LogP contribution in [0, 0.1) is 0 Å². The second-order valence-corrected chi connectivity index (χ2v) is 6.43. The van der Waals surface area contributed by atoms with E-state index in [4.69, 9.17) is 9.47 Å². The Morgan fingerprint density at radius 2 is 1.78 bits per heavy atom. The van der Waals surface area contributed by atoms with Gasteiger partial charge in [0.1, 0.15) is 18.4 Å². The first kappa shape index (κ1) is 18.9. The van der Waals surface area contributed by atoms with Crippen molar-refractivity contribution in [1.82, 2.24) is 4.90 Å². The molecule has 1 atom stereocenters. The number of methoxy groups -OCH3 is 1. The summed E-state index contributed by atoms with van der Waals surface area (Å²) in [6.07, 6.45) is 0. The molecule has 0 spiro atoms. The summed E-state index contributed by atoms with van der Waals surface area (Å²) in [6.45, 7) is 3.04. The highest BCUT2D eigenvalue weighted by molar-refractivity contribution is 6.00. The van der Waals surface area contributed by atoms with E-state index >= 15 is 0 Å². The van der Waals surface area contributed by atoms with Gasteiger partial charge in [-0.2, -0.15) is 0 Å². The Morgan fingerprint density at radius 1 is 1.07 bits per heavy atom. The normalized spacial score (nSPS) is 17.1. The van der Waals surface area contributed by atoms with Gasteiger partial charge in [-0.05, 0) is 36.8 Å². The summed E-state index contributed by atoms with van der Waals surface area (Å²) in [5.41, 5.74) is 1.82. The number of benzene rings is 2. The van der Waals surface area contributed by atoms with Gasteiger partial charge in [0.15, 0.2) is 0 Å². The van der Waals surface area contributed by atoms with Crippen molar-refractivity contribution in [3.8, 4) is 5.75 Å². The van der Waals surface area contributed by atoms with Gasteiger partial charge in [0.05, 0.1) is 13.7 Å². The number of nitrogens with zero attached hydrogens (tertiary/aromatic N) is 2. The molecule has 6 heteroatoms. The van der Waals surface area contributed by atoms with E-state index in [-0.39, 0.29) is 18.4 Å². The minimum atomic E-state index is -0.520. The van der Waals surface area contributed by atoms with Crippen LogP contribution in [0.25, 0.3) is 0 Å². The van der Waals surface area contributed by atoms with Crippen LogP contribution in [0.5, 0.6) is 5.75 Å². The molecule has 2 aromatic carbocycles. The lowest BCUT2D eigenvalue weighted by molar-refractivity contribution is -0.144. The molecule has 1 aliphatic rings. The number of rotatable bonds is 6. The van der Waals surface area contributed by atoms with Crippen LogP contribution in [-0.4, -0.2) is 49.6 Å². The maximum atomic E-state index is 12.8. The second kappa shape index (κ2) is 8.68. The standard InChI is InChI=1S/C21H24N2O4/c1-16-21(25)23(18-8-10-19(26-2)11-9-18)13-12-22(16)20(24)15-27-14-17-6-4-3-5-7-17/h3-11,16H,12-15H2,1-2H3/t16-/m1/s1. The van der Waals surface area contributed by atoms with Crippen LogP contribution >= 0.6 is 0 Å². The SMILES string of the molecule is COc1ccc(N2CCN(C(=O)COCc3ccccc3)[C@H](C)C2=O)cc1. The summed E-state index contributed by atoms with van der Waals surface area (Å²) in [5.74, 6) is 0.479. The molecule has 0 aliphatic carbocycles. The molecule has 3 rings (SSSR count). The van der Waals surface area contributed by atoms with Gasteiger partial charge in [-0.1, -0.05) is 30.3 Å². The summed E-state index contributed by atoms with van der Waals surface area (Å²) in [7, 11) is 1.60. The largest absolute Gasteiger partial charge is 0.497 e. The van der Waals surface area contributed by atoms with Crippen LogP contribution < -0.4 is 9.64 Å². The van der Waals surface area contributed by atoms with Crippen molar-refractivity contribution in [3.05, 3.63) is 60.2 Å². The first-order valence-electron chi connectivity index (χ1n) is 8.96. The Labute approximate surface area is 159 Å². The van der Waals surface area contributed by atoms with Crippen molar-refractivity contribution in [1.29, 1.82) is 0 Å². The number of carbonyl (C=O) groups excluding carboxylic acids is 2. The summed E-state index contributed by atoms with van der Waals surface area (Å²) in [5, 5.41) is 0. The predicted octanol–water partition coefficient (Wildman–Crippen LogP) is 2.48. The molecule has 0 saturated carbocycles. The van der Waals surface area contributed by atoms with Gasteiger partial charge in [-0.15, -0.1) is 0 Å². The fourth-order valence-corrected chi connectivity index (χ4v) is 3.14. The van der Waals surface area contributed by atoms with E-state index in [0.29, 0.717) is 19.7 Å². The van der Waals surface area contributed by atoms with Crippen LogP contribution in [0.3, 0.4) is 0 Å². The molecule has 1 saturated heterocycles. The van der Waals surface area contributed by atoms with E-state index < -0.39 is 6.04 Å². The topological polar surface area (TPSA) is 59.1 Å². The van der Waals surface area contributed by atoms with Crippen molar-refractivity contribution < 1.29 is 19.1 Å². The Hall–Kier alpha value is -2.86. The van der Waals surface area contributed by atoms with Gasteiger partial charge in [-0.3, -0.25) is 9.59 Å². The molecule has 1 aliphatic heterocycles. The minimum Gasteiger partial charge on any atom is -0.497 e. The predicted molar refractivity (Wildman–Crippen MR) is 103 cm³/mol. The van der Waals surface area contributed by atoms with Gasteiger partial charge in [-0.25, -0.2) is 0 Å². The van der Waals surface area contributed by atoms with Crippen LogP contribution in [0.1, 0.15) is 12.5 Å². The minimum absolute atomic E-state index is 0.0327. The summed E-state index contributed by atoms with van der Waals surface area (Å²) < 4.78 is 10.7. The number of carbonyl (C=O) groups is 2. The Bertz CT molecular complexity index is 777. The molecule has 0 unspecified atom stereocenters. The molecule has 1 heterocycles. The van der Waals surface area contributed by atoms with Gasteiger partial charge < -0.3 is 19.3 Å². The van der Waals surface area contributed by atoms with Gasteiger partial charge in [0, 0.05) is 18.8 Å². The highest BCUT2D eigenvalue weighted by Crippen LogP contribution is 2.23. The van der Waals surface area contributed by atoms with Crippen LogP contribution in [0.4, 0.5) is 5.69 Å². The van der Waals surface area contributed by atoms with Crippen molar-refractivity contribution in [2.24, 2.45) is 0 Å². The number of ether oxygens (including phenoxy) is 2. The average molecular weight is 368 g/mol. The van der Waals surface area contributed by atoms with Crippen molar-refractivity contribution in [2.75, 3.05) is 31.7 Å². The summed E-state index contributed by atoms with van der Waals surface area (Å²) >= 11 is 0. The summed E-state index contributed by atoms with van der Waals surface area (Å²) in [4.78, 5) is 28.5. The molecular weight excluding hydrogens is 344 g/mol. The maximum absolute atomic E-state index is 12.8. The Morgan fingerprint density at radius 3 is 2.44 bits per heavy atom. The molecule has 0 bridgehead atoms. The molecular formula is C21H24N2O4. The van der Waals surface area contributed by atoms with Crippen LogP contribution in [0.15, 0.2) is 54.6 Å². The molecule has 0 N–H and O–H groups in total. The molecule has 6 nitrogen and oxygen atoms in total.